The minimum Gasteiger partial charge on any atom is -0.310 e. The summed E-state index contributed by atoms with van der Waals surface area (Å²) in [5.41, 5.74) is 23.9. The van der Waals surface area contributed by atoms with Crippen LogP contribution in [0.5, 0.6) is 0 Å². The van der Waals surface area contributed by atoms with E-state index >= 15 is 0 Å². The molecule has 0 saturated heterocycles. The highest BCUT2D eigenvalue weighted by atomic mass is 32.2. The Labute approximate surface area is 381 Å². The Balaban J connectivity index is 1.11. The number of allylic oxidation sites excluding steroid dienone is 6. The van der Waals surface area contributed by atoms with Crippen molar-refractivity contribution >= 4 is 34.4 Å². The van der Waals surface area contributed by atoms with Crippen LogP contribution in [0.25, 0.3) is 39.0 Å². The number of hydrogen-bond acceptors (Lipinski definition) is 2. The van der Waals surface area contributed by atoms with Gasteiger partial charge in [-0.15, -0.1) is 0 Å². The van der Waals surface area contributed by atoms with Crippen LogP contribution in [0, 0.1) is 0 Å². The summed E-state index contributed by atoms with van der Waals surface area (Å²) in [7, 11) is 0. The Morgan fingerprint density at radius 3 is 1.83 bits per heavy atom. The average Bonchev–Trinajstić information content (AvgIpc) is 3.69. The number of anilines is 3. The molecule has 64 heavy (non-hydrogen) atoms. The molecule has 0 N–H and O–H groups in total. The maximum atomic E-state index is 2.61. The lowest BCUT2D eigenvalue weighted by molar-refractivity contribution is 0.654. The highest BCUT2D eigenvalue weighted by molar-refractivity contribution is 7.99. The quantitative estimate of drug-likeness (QED) is 0.174. The van der Waals surface area contributed by atoms with Crippen molar-refractivity contribution in [3.8, 4) is 33.4 Å². The number of rotatable bonds is 4. The van der Waals surface area contributed by atoms with Gasteiger partial charge < -0.3 is 4.90 Å². The molecule has 306 valence electrons. The zero-order valence-corrected chi connectivity index (χ0v) is 37.4. The van der Waals surface area contributed by atoms with Crippen LogP contribution in [0.1, 0.15) is 78.6 Å². The molecular formula is C62H47NS. The molecular weight excluding hydrogens is 791 g/mol. The molecule has 1 heterocycles. The normalized spacial score (nSPS) is 18.3. The fourth-order valence-electron chi connectivity index (χ4n) is 12.2. The number of hydrogen-bond donors (Lipinski definition) is 0. The zero-order valence-electron chi connectivity index (χ0n) is 36.6. The van der Waals surface area contributed by atoms with Gasteiger partial charge in [0.25, 0.3) is 0 Å². The van der Waals surface area contributed by atoms with Gasteiger partial charge in [-0.25, -0.2) is 0 Å². The summed E-state index contributed by atoms with van der Waals surface area (Å²) in [6.07, 6.45) is 10.3. The van der Waals surface area contributed by atoms with Gasteiger partial charge in [0.1, 0.15) is 0 Å². The van der Waals surface area contributed by atoms with Crippen LogP contribution in [-0.4, -0.2) is 0 Å². The van der Waals surface area contributed by atoms with E-state index in [0.717, 1.165) is 6.42 Å². The zero-order chi connectivity index (χ0) is 43.0. The SMILES string of the molecule is CC1(C)C2=C(C=CCC=C2)c2ccc(N(c3ccc4c(c3)C(C)(C)c3ccccc3-4)c3cccc4c3C3(c5ccccc5Sc5cc(-c6ccccc6)ccc53)c3ccccc3-4)cc21. The summed E-state index contributed by atoms with van der Waals surface area (Å²) < 4.78 is 0. The molecule has 0 radical (unpaired) electrons. The van der Waals surface area contributed by atoms with Gasteiger partial charge in [0.15, 0.2) is 0 Å². The molecule has 1 nitrogen and oxygen atoms in total. The van der Waals surface area contributed by atoms with E-state index in [-0.39, 0.29) is 10.8 Å². The van der Waals surface area contributed by atoms with Crippen molar-refractivity contribution in [2.75, 3.05) is 4.90 Å². The number of fused-ring (bicyclic) bond motifs is 14. The fraction of sp³-hybridized carbons (Fsp3) is 0.129. The molecule has 8 aromatic carbocycles. The molecule has 0 saturated carbocycles. The molecule has 0 bridgehead atoms. The van der Waals surface area contributed by atoms with Crippen molar-refractivity contribution in [3.05, 3.63) is 250 Å². The highest BCUT2D eigenvalue weighted by Gasteiger charge is 2.52. The Bertz CT molecular complexity index is 3400. The monoisotopic (exact) mass is 837 g/mol. The van der Waals surface area contributed by atoms with Crippen molar-refractivity contribution < 1.29 is 0 Å². The first kappa shape index (κ1) is 37.7. The minimum atomic E-state index is -0.579. The standard InChI is InChI=1S/C62H47NS/c1-60(2)49-24-10-6-9-20-43(49)46-33-31-41(37-54(46)60)63(42-32-34-47-44-21-11-13-25-50(44)61(3,4)55(47)38-42)56-28-17-23-48-45-22-12-14-26-51(45)62(59(48)56)52-27-15-16-29-57(52)64-58-36-40(30-35-53(58)62)39-18-7-5-8-19-39/h5,7-38H,6H2,1-4H3. The van der Waals surface area contributed by atoms with E-state index in [1.54, 1.807) is 0 Å². The summed E-state index contributed by atoms with van der Waals surface area (Å²) in [5, 5.41) is 0. The maximum Gasteiger partial charge on any atom is 0.0755 e. The number of benzene rings is 8. The molecule has 4 aliphatic carbocycles. The summed E-state index contributed by atoms with van der Waals surface area (Å²) in [6, 6.07) is 67.1. The number of nitrogens with zero attached hydrogens (tertiary/aromatic N) is 1. The molecule has 5 aliphatic rings. The predicted molar refractivity (Wildman–Crippen MR) is 268 cm³/mol. The van der Waals surface area contributed by atoms with Gasteiger partial charge >= 0.3 is 0 Å². The molecule has 8 aromatic rings. The van der Waals surface area contributed by atoms with Crippen LogP contribution >= 0.6 is 11.8 Å². The molecule has 1 spiro atoms. The van der Waals surface area contributed by atoms with Crippen LogP contribution in [0.3, 0.4) is 0 Å². The van der Waals surface area contributed by atoms with Gasteiger partial charge in [0, 0.05) is 37.6 Å². The lowest BCUT2D eigenvalue weighted by Crippen LogP contribution is -2.33. The van der Waals surface area contributed by atoms with Crippen molar-refractivity contribution in [1.29, 1.82) is 0 Å². The van der Waals surface area contributed by atoms with Crippen LogP contribution in [0.15, 0.2) is 216 Å². The molecule has 0 fully saturated rings. The molecule has 1 unspecified atom stereocenters. The van der Waals surface area contributed by atoms with E-state index in [9.17, 15) is 0 Å². The van der Waals surface area contributed by atoms with E-state index in [0.29, 0.717) is 0 Å². The summed E-state index contributed by atoms with van der Waals surface area (Å²) in [4.78, 5) is 5.21. The highest BCUT2D eigenvalue weighted by Crippen LogP contribution is 2.65. The minimum absolute atomic E-state index is 0.154. The lowest BCUT2D eigenvalue weighted by Gasteiger charge is -2.42. The van der Waals surface area contributed by atoms with Crippen LogP contribution in [0.2, 0.25) is 0 Å². The molecule has 1 atom stereocenters. The van der Waals surface area contributed by atoms with Gasteiger partial charge in [-0.2, -0.15) is 0 Å². The van der Waals surface area contributed by atoms with Gasteiger partial charge in [-0.05, 0) is 132 Å². The van der Waals surface area contributed by atoms with Gasteiger partial charge in [0.2, 0.25) is 0 Å². The Morgan fingerprint density at radius 1 is 0.422 bits per heavy atom. The Morgan fingerprint density at radius 2 is 1.03 bits per heavy atom. The Hall–Kier alpha value is -6.87. The van der Waals surface area contributed by atoms with Crippen molar-refractivity contribution in [2.45, 2.75) is 60.2 Å². The third-order valence-electron chi connectivity index (χ3n) is 15.1. The van der Waals surface area contributed by atoms with E-state index < -0.39 is 5.41 Å². The third-order valence-corrected chi connectivity index (χ3v) is 16.3. The summed E-state index contributed by atoms with van der Waals surface area (Å²) >= 11 is 1.91. The first-order chi connectivity index (χ1) is 31.3. The molecule has 13 rings (SSSR count). The third kappa shape index (κ3) is 5.03. The largest absolute Gasteiger partial charge is 0.310 e. The topological polar surface area (TPSA) is 3.24 Å². The fourth-order valence-corrected chi connectivity index (χ4v) is 13.4. The van der Waals surface area contributed by atoms with Crippen molar-refractivity contribution in [2.24, 2.45) is 0 Å². The van der Waals surface area contributed by atoms with E-state index in [2.05, 4.69) is 233 Å². The summed E-state index contributed by atoms with van der Waals surface area (Å²) in [5.74, 6) is 0. The first-order valence-corrected chi connectivity index (χ1v) is 23.6. The van der Waals surface area contributed by atoms with Crippen LogP contribution in [0.4, 0.5) is 17.1 Å². The van der Waals surface area contributed by atoms with E-state index in [4.69, 9.17) is 0 Å². The van der Waals surface area contributed by atoms with Gasteiger partial charge in [-0.3, -0.25) is 0 Å². The van der Waals surface area contributed by atoms with Crippen LogP contribution < -0.4 is 4.90 Å². The van der Waals surface area contributed by atoms with E-state index in [1.165, 1.54) is 116 Å². The lowest BCUT2D eigenvalue weighted by atomic mass is 9.66. The second-order valence-electron chi connectivity index (χ2n) is 19.1. The molecule has 0 amide bonds. The van der Waals surface area contributed by atoms with Gasteiger partial charge in [-0.1, -0.05) is 197 Å². The average molecular weight is 838 g/mol. The second kappa shape index (κ2) is 13.6. The second-order valence-corrected chi connectivity index (χ2v) is 20.2. The first-order valence-electron chi connectivity index (χ1n) is 22.7. The summed E-state index contributed by atoms with van der Waals surface area (Å²) in [6.45, 7) is 9.60. The van der Waals surface area contributed by atoms with Crippen LogP contribution in [-0.2, 0) is 16.2 Å². The van der Waals surface area contributed by atoms with Gasteiger partial charge in [0.05, 0.1) is 11.1 Å². The van der Waals surface area contributed by atoms with Crippen molar-refractivity contribution in [1.82, 2.24) is 0 Å². The molecule has 0 aromatic heterocycles. The molecule has 2 heteroatoms. The maximum absolute atomic E-state index is 2.61. The Kier molecular flexibility index (Phi) is 7.98. The van der Waals surface area contributed by atoms with E-state index in [1.807, 2.05) is 11.8 Å². The van der Waals surface area contributed by atoms with Crippen molar-refractivity contribution in [3.63, 3.8) is 0 Å². The predicted octanol–water partition coefficient (Wildman–Crippen LogP) is 16.5. The smallest absolute Gasteiger partial charge is 0.0755 e. The molecule has 1 aliphatic heterocycles.